The van der Waals surface area contributed by atoms with Crippen molar-refractivity contribution in [3.05, 3.63) is 30.3 Å². The lowest BCUT2D eigenvalue weighted by Gasteiger charge is -2.35. The molecule has 0 heterocycles. The largest absolute Gasteiger partial charge is 0.393 e. The van der Waals surface area contributed by atoms with Crippen molar-refractivity contribution in [2.45, 2.75) is 54.3 Å². The number of nitrogens with one attached hydrogen (secondary N) is 1. The lowest BCUT2D eigenvalue weighted by Crippen LogP contribution is -2.47. The number of benzene rings is 1. The molecule has 0 aromatic heterocycles. The summed E-state index contributed by atoms with van der Waals surface area (Å²) in [5.41, 5.74) is 0. The smallest absolute Gasteiger partial charge is 0.317 e. The minimum atomic E-state index is -0.157. The van der Waals surface area contributed by atoms with Crippen LogP contribution in [0.3, 0.4) is 0 Å². The average molecular weight is 349 g/mol. The zero-order valence-corrected chi connectivity index (χ0v) is 15.2. The summed E-state index contributed by atoms with van der Waals surface area (Å²) in [5.74, 6) is 0.454. The predicted octanol–water partition coefficient (Wildman–Crippen LogP) is 3.50. The quantitative estimate of drug-likeness (QED) is 0.827. The second-order valence-electron chi connectivity index (χ2n) is 7.34. The molecule has 0 saturated heterocycles. The molecule has 0 spiro atoms. The highest BCUT2D eigenvalue weighted by molar-refractivity contribution is 8.00. The second-order valence-corrected chi connectivity index (χ2v) is 8.88. The lowest BCUT2D eigenvalue weighted by atomic mass is 9.82. The number of amides is 2. The first-order chi connectivity index (χ1) is 11.6. The summed E-state index contributed by atoms with van der Waals surface area (Å²) in [6, 6.07) is 10.5. The molecular formula is C19H28N2O2S. The Hall–Kier alpha value is -1.20. The number of aliphatic hydroxyl groups is 1. The Kier molecular flexibility index (Phi) is 5.72. The van der Waals surface area contributed by atoms with E-state index in [1.807, 2.05) is 24.9 Å². The molecule has 24 heavy (non-hydrogen) atoms. The van der Waals surface area contributed by atoms with Gasteiger partial charge in [0.2, 0.25) is 0 Å². The summed E-state index contributed by atoms with van der Waals surface area (Å²) in [6.07, 6.45) is 6.29. The summed E-state index contributed by atoms with van der Waals surface area (Å²) in [5, 5.41) is 12.5. The maximum Gasteiger partial charge on any atom is 0.317 e. The van der Waals surface area contributed by atoms with Crippen molar-refractivity contribution in [2.75, 3.05) is 20.1 Å². The van der Waals surface area contributed by atoms with Gasteiger partial charge in [-0.25, -0.2) is 4.79 Å². The van der Waals surface area contributed by atoms with Crippen LogP contribution in [0.2, 0.25) is 0 Å². The Morgan fingerprint density at radius 1 is 1.29 bits per heavy atom. The van der Waals surface area contributed by atoms with Gasteiger partial charge in [0.1, 0.15) is 0 Å². The molecule has 2 aliphatic rings. The zero-order chi connectivity index (χ0) is 17.0. The Morgan fingerprint density at radius 3 is 2.58 bits per heavy atom. The molecule has 4 nitrogen and oxygen atoms in total. The highest BCUT2D eigenvalue weighted by Gasteiger charge is 2.36. The predicted molar refractivity (Wildman–Crippen MR) is 98.3 cm³/mol. The van der Waals surface area contributed by atoms with Crippen molar-refractivity contribution in [3.8, 4) is 0 Å². The van der Waals surface area contributed by atoms with Crippen LogP contribution in [0.25, 0.3) is 0 Å². The van der Waals surface area contributed by atoms with E-state index in [0.717, 1.165) is 38.8 Å². The van der Waals surface area contributed by atoms with E-state index in [4.69, 9.17) is 0 Å². The fourth-order valence-electron chi connectivity index (χ4n) is 3.76. The number of carbonyl (C=O) groups excluding carboxylic acids is 1. The number of rotatable bonds is 6. The van der Waals surface area contributed by atoms with Crippen molar-refractivity contribution in [1.29, 1.82) is 0 Å². The minimum absolute atomic E-state index is 0.0105. The number of carbonyl (C=O) groups is 1. The van der Waals surface area contributed by atoms with Gasteiger partial charge in [-0.15, -0.1) is 11.8 Å². The number of urea groups is 1. The van der Waals surface area contributed by atoms with E-state index in [-0.39, 0.29) is 16.9 Å². The van der Waals surface area contributed by atoms with E-state index >= 15 is 0 Å². The number of hydrogen-bond donors (Lipinski definition) is 2. The summed E-state index contributed by atoms with van der Waals surface area (Å²) in [4.78, 5) is 15.4. The molecule has 5 heteroatoms. The minimum Gasteiger partial charge on any atom is -0.393 e. The molecule has 0 bridgehead atoms. The third-order valence-electron chi connectivity index (χ3n) is 5.24. The fraction of sp³-hybridized carbons (Fsp3) is 0.632. The number of hydrogen-bond acceptors (Lipinski definition) is 3. The maximum absolute atomic E-state index is 12.4. The molecule has 1 aromatic rings. The van der Waals surface area contributed by atoms with Gasteiger partial charge in [-0.05, 0) is 43.7 Å². The van der Waals surface area contributed by atoms with Gasteiger partial charge < -0.3 is 15.3 Å². The molecule has 132 valence electrons. The Morgan fingerprint density at radius 2 is 1.96 bits per heavy atom. The molecule has 2 N–H and O–H groups in total. The third kappa shape index (κ3) is 4.45. The topological polar surface area (TPSA) is 52.6 Å². The highest BCUT2D eigenvalue weighted by Crippen LogP contribution is 2.44. The van der Waals surface area contributed by atoms with Crippen LogP contribution in [0.15, 0.2) is 35.2 Å². The van der Waals surface area contributed by atoms with Crippen molar-refractivity contribution in [2.24, 2.45) is 5.92 Å². The molecule has 0 radical (unpaired) electrons. The normalized spacial score (nSPS) is 25.1. The van der Waals surface area contributed by atoms with E-state index < -0.39 is 0 Å². The van der Waals surface area contributed by atoms with E-state index in [0.29, 0.717) is 5.92 Å². The first-order valence-electron chi connectivity index (χ1n) is 8.97. The van der Waals surface area contributed by atoms with E-state index in [2.05, 4.69) is 29.6 Å². The van der Waals surface area contributed by atoms with Crippen LogP contribution in [0.5, 0.6) is 0 Å². The lowest BCUT2D eigenvalue weighted by molar-refractivity contribution is 0.0325. The number of nitrogens with zero attached hydrogens (tertiary/aromatic N) is 1. The highest BCUT2D eigenvalue weighted by atomic mass is 32.2. The van der Waals surface area contributed by atoms with Gasteiger partial charge in [0.05, 0.1) is 6.10 Å². The first-order valence-corrected chi connectivity index (χ1v) is 9.79. The molecule has 0 aliphatic heterocycles. The number of aliphatic hydroxyl groups excluding tert-OH is 1. The third-order valence-corrected chi connectivity index (χ3v) is 6.74. The molecule has 2 amide bonds. The van der Waals surface area contributed by atoms with E-state index in [9.17, 15) is 9.90 Å². The standard InChI is InChI=1S/C19H28N2O2S/c1-21(13-15-11-16(22)12-15)18(23)20-14-19(9-5-6-10-19)24-17-7-3-2-4-8-17/h2-4,7-8,15-16,22H,5-6,9-14H2,1H3,(H,20,23). The molecule has 2 aliphatic carbocycles. The second kappa shape index (κ2) is 7.79. The monoisotopic (exact) mass is 348 g/mol. The molecule has 0 unspecified atom stereocenters. The van der Waals surface area contributed by atoms with Crippen LogP contribution < -0.4 is 5.32 Å². The molecule has 0 atom stereocenters. The molecular weight excluding hydrogens is 320 g/mol. The first kappa shape index (κ1) is 17.6. The van der Waals surface area contributed by atoms with Gasteiger partial charge in [-0.1, -0.05) is 31.0 Å². The van der Waals surface area contributed by atoms with Crippen molar-refractivity contribution in [1.82, 2.24) is 10.2 Å². The van der Waals surface area contributed by atoms with Crippen molar-refractivity contribution >= 4 is 17.8 Å². The Bertz CT molecular complexity index is 540. The zero-order valence-electron chi connectivity index (χ0n) is 14.4. The van der Waals surface area contributed by atoms with Gasteiger partial charge >= 0.3 is 6.03 Å². The van der Waals surface area contributed by atoms with Gasteiger partial charge in [-0.2, -0.15) is 0 Å². The van der Waals surface area contributed by atoms with Gasteiger partial charge in [0.25, 0.3) is 0 Å². The van der Waals surface area contributed by atoms with Crippen molar-refractivity contribution in [3.63, 3.8) is 0 Å². The Balaban J connectivity index is 1.51. The van der Waals surface area contributed by atoms with Gasteiger partial charge in [0.15, 0.2) is 0 Å². The molecule has 2 saturated carbocycles. The fourth-order valence-corrected chi connectivity index (χ4v) is 5.19. The molecule has 3 rings (SSSR count). The summed E-state index contributed by atoms with van der Waals surface area (Å²) in [6.45, 7) is 1.46. The van der Waals surface area contributed by atoms with Crippen LogP contribution in [-0.4, -0.2) is 47.0 Å². The average Bonchev–Trinajstić information content (AvgIpc) is 3.01. The summed E-state index contributed by atoms with van der Waals surface area (Å²) >= 11 is 1.92. The molecule has 1 aromatic carbocycles. The van der Waals surface area contributed by atoms with E-state index in [1.165, 1.54) is 17.7 Å². The van der Waals surface area contributed by atoms with Crippen LogP contribution in [-0.2, 0) is 0 Å². The van der Waals surface area contributed by atoms with Gasteiger partial charge in [0, 0.05) is 29.8 Å². The van der Waals surface area contributed by atoms with Crippen molar-refractivity contribution < 1.29 is 9.90 Å². The van der Waals surface area contributed by atoms with Crippen LogP contribution in [0.1, 0.15) is 38.5 Å². The number of thioether (sulfide) groups is 1. The molecule has 2 fully saturated rings. The van der Waals surface area contributed by atoms with Gasteiger partial charge in [-0.3, -0.25) is 0 Å². The van der Waals surface area contributed by atoms with Crippen LogP contribution in [0.4, 0.5) is 4.79 Å². The van der Waals surface area contributed by atoms with E-state index in [1.54, 1.807) is 4.90 Å². The SMILES string of the molecule is CN(CC1CC(O)C1)C(=O)NCC1(Sc2ccccc2)CCCC1. The maximum atomic E-state index is 12.4. The Labute approximate surface area is 149 Å². The summed E-state index contributed by atoms with van der Waals surface area (Å²) in [7, 11) is 1.85. The summed E-state index contributed by atoms with van der Waals surface area (Å²) < 4.78 is 0.129. The van der Waals surface area contributed by atoms with Crippen LogP contribution in [0, 0.1) is 5.92 Å². The van der Waals surface area contributed by atoms with Crippen LogP contribution >= 0.6 is 11.8 Å².